The van der Waals surface area contributed by atoms with E-state index in [1.807, 2.05) is 71.9 Å². The number of halogens is 1. The Bertz CT molecular complexity index is 2120. The van der Waals surface area contributed by atoms with E-state index in [0.29, 0.717) is 18.0 Å². The Hall–Kier alpha value is -2.68. The second-order valence-corrected chi connectivity index (χ2v) is 22.8. The number of oxazole rings is 1. The lowest BCUT2D eigenvalue weighted by molar-refractivity contribution is -0.334. The zero-order chi connectivity index (χ0) is 53.4. The predicted octanol–water partition coefficient (Wildman–Crippen LogP) is 5.30. The first-order chi connectivity index (χ1) is 33.1. The molecule has 3 saturated heterocycles. The number of aromatic nitrogens is 1. The third-order valence-corrected chi connectivity index (χ3v) is 17.2. The summed E-state index contributed by atoms with van der Waals surface area (Å²) >= 11 is 3.88. The van der Waals surface area contributed by atoms with Crippen molar-refractivity contribution in [1.29, 1.82) is 5.26 Å². The monoisotopic (exact) mass is 1090 g/mol. The number of methoxy groups -OCH3 is 2. The Kier molecular flexibility index (Phi) is 22.0. The topological polar surface area (TPSA) is 276 Å². The fraction of sp³-hybridized carbons (Fsp3) is 0.740. The molecule has 0 aliphatic carbocycles. The summed E-state index contributed by atoms with van der Waals surface area (Å²) in [7, 11) is 1.19. The lowest BCUT2D eigenvalue weighted by atomic mass is 9.72. The van der Waals surface area contributed by atoms with Gasteiger partial charge in [0.25, 0.3) is 5.91 Å². The fourth-order valence-electron chi connectivity index (χ4n) is 9.91. The third-order valence-electron chi connectivity index (χ3n) is 15.0. The summed E-state index contributed by atoms with van der Waals surface area (Å²) in [5, 5.41) is 56.2. The molecule has 1 aromatic rings. The Morgan fingerprint density at radius 1 is 1.10 bits per heavy atom. The fourth-order valence-corrected chi connectivity index (χ4v) is 11.4. The normalized spacial score (nSPS) is 32.6. The number of amides is 1. The Morgan fingerprint density at radius 2 is 1.77 bits per heavy atom. The van der Waals surface area contributed by atoms with Crippen molar-refractivity contribution in [2.75, 3.05) is 41.5 Å². The van der Waals surface area contributed by atoms with Gasteiger partial charge in [0, 0.05) is 62.9 Å². The van der Waals surface area contributed by atoms with Crippen LogP contribution < -0.4 is 5.32 Å². The molecule has 4 heterocycles. The summed E-state index contributed by atoms with van der Waals surface area (Å²) in [6.07, 6.45) is 3.33. The van der Waals surface area contributed by atoms with E-state index in [4.69, 9.17) is 37.9 Å². The lowest BCUT2D eigenvalue weighted by Gasteiger charge is -2.50. The molecule has 21 heteroatoms. The largest absolute Gasteiger partial charge is 0.469 e. The number of rotatable bonds is 24. The Labute approximate surface area is 428 Å². The van der Waals surface area contributed by atoms with Crippen molar-refractivity contribution in [2.24, 2.45) is 23.2 Å². The highest BCUT2D eigenvalue weighted by atomic mass is 79.9. The van der Waals surface area contributed by atoms with Crippen molar-refractivity contribution in [2.45, 2.75) is 171 Å². The van der Waals surface area contributed by atoms with Crippen LogP contribution in [0.5, 0.6) is 0 Å². The average Bonchev–Trinajstić information content (AvgIpc) is 3.93. The van der Waals surface area contributed by atoms with Crippen LogP contribution in [0.15, 0.2) is 52.2 Å². The van der Waals surface area contributed by atoms with E-state index in [-0.39, 0.29) is 49.1 Å². The summed E-state index contributed by atoms with van der Waals surface area (Å²) in [6, 6.07) is 1.43. The van der Waals surface area contributed by atoms with Crippen LogP contribution in [0.4, 0.5) is 0 Å². The number of hydrogen-bond donors (Lipinski definition) is 7. The molecule has 7 N–H and O–H groups in total. The minimum absolute atomic E-state index is 0.0219. The maximum atomic E-state index is 12.6. The highest BCUT2D eigenvalue weighted by molar-refractivity contribution is 9.09. The number of likely N-dealkylation sites (N-methyl/N-ethyl adjacent to an activating group) is 1. The van der Waals surface area contributed by atoms with E-state index in [9.17, 15) is 39.6 Å². The molecule has 0 unspecified atom stereocenters. The number of nitriles is 1. The zero-order valence-electron chi connectivity index (χ0n) is 43.5. The summed E-state index contributed by atoms with van der Waals surface area (Å²) in [5.41, 5.74) is 0.249. The lowest BCUT2D eigenvalue weighted by Crippen LogP contribution is -2.58. The van der Waals surface area contributed by atoms with Gasteiger partial charge in [-0.2, -0.15) is 5.26 Å². The number of aliphatic hydroxyl groups is 4. The Balaban J connectivity index is 1.46. The highest BCUT2D eigenvalue weighted by Gasteiger charge is 2.68. The average molecular weight is 1090 g/mol. The second-order valence-electron chi connectivity index (χ2n) is 20.6. The highest BCUT2D eigenvalue weighted by Crippen LogP contribution is 2.59. The number of phosphoric acid groups is 1. The van der Waals surface area contributed by atoms with Crippen LogP contribution in [-0.4, -0.2) is 165 Å². The number of ether oxygens (including phenoxy) is 5. The maximum absolute atomic E-state index is 12.6. The molecule has 4 rings (SSSR count). The molecule has 3 aliphatic rings. The first kappa shape index (κ1) is 60.9. The molecule has 71 heavy (non-hydrogen) atoms. The van der Waals surface area contributed by atoms with Gasteiger partial charge in [0.2, 0.25) is 0 Å². The van der Waals surface area contributed by atoms with Crippen molar-refractivity contribution in [1.82, 2.24) is 15.2 Å². The van der Waals surface area contributed by atoms with Crippen LogP contribution in [0.2, 0.25) is 0 Å². The third kappa shape index (κ3) is 14.6. The van der Waals surface area contributed by atoms with Gasteiger partial charge in [-0.1, -0.05) is 81.8 Å². The molecule has 19 nitrogen and oxygen atoms in total. The molecule has 0 saturated carbocycles. The van der Waals surface area contributed by atoms with Gasteiger partial charge in [0.1, 0.15) is 30.3 Å². The number of carbonyl (C=O) groups is 1. The summed E-state index contributed by atoms with van der Waals surface area (Å²) < 4.78 is 55.4. The zero-order valence-corrected chi connectivity index (χ0v) is 45.9. The molecule has 1 amide bonds. The number of allylic oxidation sites excluding steroid dienone is 5. The quantitative estimate of drug-likeness (QED) is 0.0299. The van der Waals surface area contributed by atoms with Gasteiger partial charge >= 0.3 is 7.82 Å². The molecule has 0 aromatic carbocycles. The molecule has 17 atom stereocenters. The second kappa shape index (κ2) is 25.7. The van der Waals surface area contributed by atoms with Crippen molar-refractivity contribution in [3.63, 3.8) is 0 Å². The number of nitrogens with one attached hydrogen (secondary N) is 1. The van der Waals surface area contributed by atoms with Crippen LogP contribution in [0.3, 0.4) is 0 Å². The molecule has 0 bridgehead atoms. The Morgan fingerprint density at radius 3 is 2.38 bits per heavy atom. The number of phosphoric ester groups is 1. The van der Waals surface area contributed by atoms with E-state index < -0.39 is 103 Å². The van der Waals surface area contributed by atoms with Crippen molar-refractivity contribution >= 4 is 35.7 Å². The number of nitrogens with zero attached hydrogens (tertiary/aromatic N) is 3. The minimum Gasteiger partial charge on any atom is -0.448 e. The van der Waals surface area contributed by atoms with E-state index in [1.165, 1.54) is 26.6 Å². The standard InChI is InChI=1S/C50H80BrN4O15P/c1-28(20-22-52)16-14-17-30(3)49(9)44(51)33(6)42(68-49)32(5)36(56)24-39(65-13)43-45(70-71(61,62)63)48(7,8)50(69-43)25-37(57)31(4)38(67-50)19-15-18-34-26-66-47(54-34)29(2)21-23-53-46(60)41(59)40(58)35(27-64-12)55(10)11/h14-18,20,26,29,31-33,35-45,56-59H,19,21,23-25,27H2,1-13H3,(H,53,60)(H2,61,62,63)/b16-14+,18-15+,28-20-,30-17+/t29-,31-,32-,33-,35-,36-,37+,38-,39-,40-,41-,42-,43+,44+,45-,49-,50+/m0/s1. The maximum Gasteiger partial charge on any atom is 0.469 e. The first-order valence-corrected chi connectivity index (χ1v) is 26.7. The minimum atomic E-state index is -5.14. The van der Waals surface area contributed by atoms with Crippen LogP contribution in [0.1, 0.15) is 105 Å². The van der Waals surface area contributed by atoms with Gasteiger partial charge < -0.3 is 68.5 Å². The van der Waals surface area contributed by atoms with Crippen molar-refractivity contribution in [3.8, 4) is 6.07 Å². The van der Waals surface area contributed by atoms with E-state index in [2.05, 4.69) is 33.2 Å². The first-order valence-electron chi connectivity index (χ1n) is 24.2. The number of hydrogen-bond acceptors (Lipinski definition) is 16. The van der Waals surface area contributed by atoms with Crippen LogP contribution in [0, 0.1) is 34.5 Å². The van der Waals surface area contributed by atoms with Crippen molar-refractivity contribution < 1.29 is 72.2 Å². The van der Waals surface area contributed by atoms with Gasteiger partial charge in [0.05, 0.1) is 59.7 Å². The van der Waals surface area contributed by atoms with E-state index >= 15 is 0 Å². The smallest absolute Gasteiger partial charge is 0.448 e. The van der Waals surface area contributed by atoms with E-state index in [1.54, 1.807) is 38.9 Å². The number of aliphatic hydroxyl groups excluding tert-OH is 4. The van der Waals surface area contributed by atoms with Gasteiger partial charge in [-0.15, -0.1) is 0 Å². The SMILES string of the molecule is COC[C@@H]([C@H](O)[C@H](O)C(=O)NCC[C@H](C)c1nc(/C=C/C[C@@H]2O[C@]3(C[C@@H](O)[C@@H]2C)O[C@H]([C@H](C[C@H](O)[C@H](C)[C@@H]2O[C@@](C)(/C(C)=C/C=C/C(C)=C\C#N)[C@H](Br)[C@H]2C)OC)[C@H](OP(=O)(O)O)C3(C)C)co1)N(C)C. The molecule has 1 spiro atoms. The molecule has 402 valence electrons. The van der Waals surface area contributed by atoms with Gasteiger partial charge in [-0.3, -0.25) is 9.32 Å². The molecule has 3 fully saturated rings. The number of carbonyl (C=O) groups excluding carboxylic acids is 1. The van der Waals surface area contributed by atoms with Crippen LogP contribution in [-0.2, 0) is 37.6 Å². The molecule has 3 aliphatic heterocycles. The van der Waals surface area contributed by atoms with Crippen LogP contribution >= 0.6 is 23.8 Å². The summed E-state index contributed by atoms with van der Waals surface area (Å²) in [4.78, 5) is 39.3. The number of alkyl halides is 1. The van der Waals surface area contributed by atoms with E-state index in [0.717, 1.165) is 11.1 Å². The summed E-state index contributed by atoms with van der Waals surface area (Å²) in [5.74, 6) is -3.00. The van der Waals surface area contributed by atoms with Crippen molar-refractivity contribution in [3.05, 3.63) is 59.4 Å². The molecule has 1 aromatic heterocycles. The van der Waals surface area contributed by atoms with Gasteiger partial charge in [-0.05, 0) is 70.8 Å². The van der Waals surface area contributed by atoms with Gasteiger partial charge in [-0.25, -0.2) is 9.55 Å². The summed E-state index contributed by atoms with van der Waals surface area (Å²) in [6.45, 7) is 17.2. The molecular weight excluding hydrogens is 1010 g/mol. The van der Waals surface area contributed by atoms with Gasteiger partial charge in [0.15, 0.2) is 17.8 Å². The predicted molar refractivity (Wildman–Crippen MR) is 269 cm³/mol. The van der Waals surface area contributed by atoms with Crippen LogP contribution in [0.25, 0.3) is 6.08 Å². The molecule has 0 radical (unpaired) electrons. The molecular formula is C50H80BrN4O15P.